The average Bonchev–Trinajstić information content (AvgIpc) is 2.20. The van der Waals surface area contributed by atoms with E-state index in [1.54, 1.807) is 6.07 Å². The number of aromatic hydroxyl groups is 1. The fourth-order valence-corrected chi connectivity index (χ4v) is 1.59. The summed E-state index contributed by atoms with van der Waals surface area (Å²) in [5.74, 6) is 0.0734. The van der Waals surface area contributed by atoms with Crippen molar-refractivity contribution >= 4 is 17.7 Å². The van der Waals surface area contributed by atoms with Crippen molar-refractivity contribution in [3.63, 3.8) is 0 Å². The maximum absolute atomic E-state index is 10.5. The molecule has 1 unspecified atom stereocenters. The Kier molecular flexibility index (Phi) is 4.39. The van der Waals surface area contributed by atoms with Gasteiger partial charge in [0.1, 0.15) is 5.75 Å². The molecule has 0 aromatic heterocycles. The normalized spacial score (nSPS) is 12.1. The molecule has 1 rings (SSSR count). The number of rotatable bonds is 4. The van der Waals surface area contributed by atoms with E-state index in [4.69, 9.17) is 27.5 Å². The summed E-state index contributed by atoms with van der Waals surface area (Å²) in [5, 5.41) is 20.4. The van der Waals surface area contributed by atoms with Gasteiger partial charge in [0.05, 0.1) is 0 Å². The molecule has 5 N–H and O–H groups in total. The van der Waals surface area contributed by atoms with Crippen molar-refractivity contribution in [2.75, 3.05) is 6.54 Å². The zero-order chi connectivity index (χ0) is 12.1. The number of carbonyl (C=O) groups is 1. The average molecular weight is 245 g/mol. The highest BCUT2D eigenvalue weighted by Gasteiger charge is 2.12. The van der Waals surface area contributed by atoms with Gasteiger partial charge in [0.2, 0.25) is 0 Å². The first-order valence-corrected chi connectivity index (χ1v) is 5.07. The minimum absolute atomic E-state index is 0.0734. The third-order valence-electron chi connectivity index (χ3n) is 2.12. The van der Waals surface area contributed by atoms with Gasteiger partial charge in [-0.05, 0) is 24.1 Å². The van der Waals surface area contributed by atoms with Gasteiger partial charge in [-0.3, -0.25) is 0 Å². The van der Waals surface area contributed by atoms with Crippen LogP contribution in [-0.4, -0.2) is 28.9 Å². The van der Waals surface area contributed by atoms with Crippen LogP contribution in [0.3, 0.4) is 0 Å². The number of carboxylic acid groups (broad SMARTS) is 1. The summed E-state index contributed by atoms with van der Waals surface area (Å²) in [6.07, 6.45) is -0.729. The van der Waals surface area contributed by atoms with Gasteiger partial charge in [-0.25, -0.2) is 4.79 Å². The summed E-state index contributed by atoms with van der Waals surface area (Å²) in [6.45, 7) is 0.184. The van der Waals surface area contributed by atoms with E-state index in [0.29, 0.717) is 11.4 Å². The van der Waals surface area contributed by atoms with Crippen LogP contribution in [0.2, 0.25) is 5.02 Å². The molecule has 5 nitrogen and oxygen atoms in total. The van der Waals surface area contributed by atoms with E-state index >= 15 is 0 Å². The predicted molar refractivity (Wildman–Crippen MR) is 60.8 cm³/mol. The van der Waals surface area contributed by atoms with Crippen molar-refractivity contribution in [2.24, 2.45) is 5.73 Å². The molecule has 88 valence electrons. The molecule has 0 radical (unpaired) electrons. The van der Waals surface area contributed by atoms with Crippen LogP contribution in [-0.2, 0) is 6.42 Å². The van der Waals surface area contributed by atoms with Crippen molar-refractivity contribution < 1.29 is 15.0 Å². The van der Waals surface area contributed by atoms with Gasteiger partial charge in [0.15, 0.2) is 0 Å². The Morgan fingerprint density at radius 2 is 2.25 bits per heavy atom. The first-order valence-electron chi connectivity index (χ1n) is 4.70. The number of amides is 1. The van der Waals surface area contributed by atoms with Crippen LogP contribution >= 0.6 is 11.6 Å². The Morgan fingerprint density at radius 1 is 1.56 bits per heavy atom. The van der Waals surface area contributed by atoms with Gasteiger partial charge in [-0.15, -0.1) is 0 Å². The minimum Gasteiger partial charge on any atom is -0.508 e. The van der Waals surface area contributed by atoms with Crippen molar-refractivity contribution in [2.45, 2.75) is 12.5 Å². The number of hydrogen-bond acceptors (Lipinski definition) is 3. The molecule has 0 heterocycles. The number of hydrogen-bond donors (Lipinski definition) is 4. The summed E-state index contributed by atoms with van der Waals surface area (Å²) in [7, 11) is 0. The summed E-state index contributed by atoms with van der Waals surface area (Å²) >= 11 is 5.89. The van der Waals surface area contributed by atoms with Crippen LogP contribution in [0.25, 0.3) is 0 Å². The zero-order valence-electron chi connectivity index (χ0n) is 8.48. The van der Waals surface area contributed by atoms with E-state index in [2.05, 4.69) is 5.32 Å². The van der Waals surface area contributed by atoms with Crippen LogP contribution in [0.5, 0.6) is 5.75 Å². The molecule has 6 heteroatoms. The summed E-state index contributed by atoms with van der Waals surface area (Å²) < 4.78 is 0. The van der Waals surface area contributed by atoms with Crippen LogP contribution in [0.15, 0.2) is 18.2 Å². The molecule has 0 saturated heterocycles. The van der Waals surface area contributed by atoms with Crippen LogP contribution in [0.1, 0.15) is 5.56 Å². The number of halogens is 1. The topological polar surface area (TPSA) is 95.6 Å². The second-order valence-corrected chi connectivity index (χ2v) is 3.77. The molecule has 0 aliphatic heterocycles. The first-order chi connectivity index (χ1) is 7.52. The van der Waals surface area contributed by atoms with Gasteiger partial charge in [-0.1, -0.05) is 17.7 Å². The second-order valence-electron chi connectivity index (χ2n) is 3.36. The molecule has 1 atom stereocenters. The lowest BCUT2D eigenvalue weighted by atomic mass is 10.1. The van der Waals surface area contributed by atoms with E-state index in [-0.39, 0.29) is 18.3 Å². The summed E-state index contributed by atoms with van der Waals surface area (Å²) in [5.41, 5.74) is 6.17. The Bertz CT molecular complexity index is 384. The van der Waals surface area contributed by atoms with Gasteiger partial charge < -0.3 is 21.3 Å². The van der Waals surface area contributed by atoms with Crippen LogP contribution < -0.4 is 11.1 Å². The molecule has 0 spiro atoms. The van der Waals surface area contributed by atoms with Gasteiger partial charge in [0.25, 0.3) is 0 Å². The van der Waals surface area contributed by atoms with Crippen molar-refractivity contribution in [3.8, 4) is 5.75 Å². The lowest BCUT2D eigenvalue weighted by Gasteiger charge is -2.15. The zero-order valence-corrected chi connectivity index (χ0v) is 9.24. The van der Waals surface area contributed by atoms with Gasteiger partial charge >= 0.3 is 6.09 Å². The van der Waals surface area contributed by atoms with Gasteiger partial charge in [-0.2, -0.15) is 0 Å². The predicted octanol–water partition coefficient (Wildman–Crippen LogP) is 1.18. The molecule has 0 bridgehead atoms. The van der Waals surface area contributed by atoms with Crippen molar-refractivity contribution in [1.82, 2.24) is 5.32 Å². The highest BCUT2D eigenvalue weighted by Crippen LogP contribution is 2.22. The third kappa shape index (κ3) is 3.60. The largest absolute Gasteiger partial charge is 0.508 e. The number of nitrogens with one attached hydrogen (secondary N) is 1. The summed E-state index contributed by atoms with van der Waals surface area (Å²) in [6, 6.07) is 4.16. The molecule has 1 amide bonds. The third-order valence-corrected chi connectivity index (χ3v) is 2.47. The quantitative estimate of drug-likeness (QED) is 0.640. The van der Waals surface area contributed by atoms with Crippen LogP contribution in [0.4, 0.5) is 4.79 Å². The maximum atomic E-state index is 10.5. The standard InChI is InChI=1S/C10H13ClN2O3/c11-9-4-8(14)2-1-6(9)3-7(5-12)13-10(15)16/h1-2,4,7,13-14H,3,5,12H2,(H,15,16). The number of benzene rings is 1. The number of nitrogens with two attached hydrogens (primary N) is 1. The number of phenols is 1. The molecule has 0 saturated carbocycles. The van der Waals surface area contributed by atoms with E-state index < -0.39 is 6.09 Å². The van der Waals surface area contributed by atoms with E-state index in [1.165, 1.54) is 12.1 Å². The highest BCUT2D eigenvalue weighted by atomic mass is 35.5. The lowest BCUT2D eigenvalue weighted by Crippen LogP contribution is -2.40. The van der Waals surface area contributed by atoms with Crippen molar-refractivity contribution in [3.05, 3.63) is 28.8 Å². The number of phenolic OH excluding ortho intramolecular Hbond substituents is 1. The first kappa shape index (κ1) is 12.6. The van der Waals surface area contributed by atoms with E-state index in [0.717, 1.165) is 5.56 Å². The molecular weight excluding hydrogens is 232 g/mol. The van der Waals surface area contributed by atoms with E-state index in [9.17, 15) is 4.79 Å². The monoisotopic (exact) mass is 244 g/mol. The molecule has 16 heavy (non-hydrogen) atoms. The highest BCUT2D eigenvalue weighted by molar-refractivity contribution is 6.31. The Balaban J connectivity index is 2.73. The summed E-state index contributed by atoms with van der Waals surface area (Å²) in [4.78, 5) is 10.5. The maximum Gasteiger partial charge on any atom is 0.404 e. The Hall–Kier alpha value is -1.46. The molecule has 0 fully saturated rings. The fraction of sp³-hybridized carbons (Fsp3) is 0.300. The molecule has 0 aliphatic rings. The van der Waals surface area contributed by atoms with Crippen LogP contribution in [0, 0.1) is 0 Å². The van der Waals surface area contributed by atoms with E-state index in [1.807, 2.05) is 0 Å². The van der Waals surface area contributed by atoms with Gasteiger partial charge in [0, 0.05) is 17.6 Å². The SMILES string of the molecule is NCC(Cc1ccc(O)cc1Cl)NC(=O)O. The molecule has 1 aromatic rings. The lowest BCUT2D eigenvalue weighted by molar-refractivity contribution is 0.190. The molecule has 1 aromatic carbocycles. The Labute approximate surface area is 97.8 Å². The Morgan fingerprint density at radius 3 is 2.75 bits per heavy atom. The molecule has 0 aliphatic carbocycles. The second kappa shape index (κ2) is 5.58. The molecular formula is C10H13ClN2O3. The van der Waals surface area contributed by atoms with Crippen molar-refractivity contribution in [1.29, 1.82) is 0 Å². The smallest absolute Gasteiger partial charge is 0.404 e. The fourth-order valence-electron chi connectivity index (χ4n) is 1.34. The minimum atomic E-state index is -1.12.